The lowest BCUT2D eigenvalue weighted by molar-refractivity contribution is -0.131. The largest absolute Gasteiger partial charge is 0.325 e. The van der Waals surface area contributed by atoms with Gasteiger partial charge in [-0.2, -0.15) is 0 Å². The summed E-state index contributed by atoms with van der Waals surface area (Å²) in [6.07, 6.45) is 1.10. The van der Waals surface area contributed by atoms with E-state index in [4.69, 9.17) is 11.6 Å². The molecule has 2 aromatic rings. The first-order chi connectivity index (χ1) is 11.4. The minimum absolute atomic E-state index is 0.260. The number of hydrogen-bond donors (Lipinski definition) is 2. The number of benzene rings is 2. The van der Waals surface area contributed by atoms with Crippen molar-refractivity contribution >= 4 is 34.8 Å². The van der Waals surface area contributed by atoms with E-state index in [1.165, 1.54) is 0 Å². The van der Waals surface area contributed by atoms with E-state index in [1.54, 1.807) is 12.1 Å². The van der Waals surface area contributed by atoms with Crippen LogP contribution >= 0.6 is 11.6 Å². The van der Waals surface area contributed by atoms with Gasteiger partial charge in [0.05, 0.1) is 0 Å². The third-order valence-corrected chi connectivity index (χ3v) is 4.73. The molecule has 1 fully saturated rings. The van der Waals surface area contributed by atoms with Gasteiger partial charge >= 0.3 is 0 Å². The van der Waals surface area contributed by atoms with E-state index in [1.807, 2.05) is 44.2 Å². The standard InChI is InChI=1S/C19H19ClN2O2/c1-12-4-3-5-14(10-12)21-17(23)19(8-9-19)18(24)22-15-7-6-13(2)16(20)11-15/h3-7,10-11H,8-9H2,1-2H3,(H,21,23)(H,22,24). The van der Waals surface area contributed by atoms with Crippen molar-refractivity contribution in [2.45, 2.75) is 26.7 Å². The molecule has 4 nitrogen and oxygen atoms in total. The van der Waals surface area contributed by atoms with Crippen molar-refractivity contribution < 1.29 is 9.59 Å². The average Bonchev–Trinajstić information content (AvgIpc) is 3.33. The molecule has 24 heavy (non-hydrogen) atoms. The highest BCUT2D eigenvalue weighted by Crippen LogP contribution is 2.47. The number of hydrogen-bond acceptors (Lipinski definition) is 2. The number of nitrogens with one attached hydrogen (secondary N) is 2. The fraction of sp³-hybridized carbons (Fsp3) is 0.263. The Morgan fingerprint density at radius 3 is 2.12 bits per heavy atom. The maximum atomic E-state index is 12.6. The van der Waals surface area contributed by atoms with E-state index >= 15 is 0 Å². The molecule has 2 aromatic carbocycles. The van der Waals surface area contributed by atoms with Gasteiger partial charge in [0.1, 0.15) is 5.41 Å². The Balaban J connectivity index is 1.71. The number of anilines is 2. The van der Waals surface area contributed by atoms with Crippen molar-refractivity contribution in [3.63, 3.8) is 0 Å². The third-order valence-electron chi connectivity index (χ3n) is 4.32. The SMILES string of the molecule is Cc1cccc(NC(=O)C2(C(=O)Nc3ccc(C)c(Cl)c3)CC2)c1. The molecule has 0 heterocycles. The molecule has 5 heteroatoms. The number of amides is 2. The van der Waals surface area contributed by atoms with Gasteiger partial charge in [-0.3, -0.25) is 9.59 Å². The van der Waals surface area contributed by atoms with E-state index in [-0.39, 0.29) is 11.8 Å². The summed E-state index contributed by atoms with van der Waals surface area (Å²) in [6.45, 7) is 3.85. The van der Waals surface area contributed by atoms with Crippen LogP contribution in [0.5, 0.6) is 0 Å². The highest BCUT2D eigenvalue weighted by molar-refractivity contribution is 6.31. The Kier molecular flexibility index (Phi) is 4.33. The average molecular weight is 343 g/mol. The van der Waals surface area contributed by atoms with Gasteiger partial charge in [-0.15, -0.1) is 0 Å². The lowest BCUT2D eigenvalue weighted by Crippen LogP contribution is -2.35. The Morgan fingerprint density at radius 2 is 1.58 bits per heavy atom. The van der Waals surface area contributed by atoms with Crippen LogP contribution in [-0.2, 0) is 9.59 Å². The van der Waals surface area contributed by atoms with E-state index in [2.05, 4.69) is 10.6 Å². The third kappa shape index (κ3) is 3.29. The molecule has 124 valence electrons. The maximum Gasteiger partial charge on any atom is 0.240 e. The monoisotopic (exact) mass is 342 g/mol. The zero-order valence-electron chi connectivity index (χ0n) is 13.7. The van der Waals surface area contributed by atoms with Crippen molar-refractivity contribution in [2.75, 3.05) is 10.6 Å². The van der Waals surface area contributed by atoms with Crippen LogP contribution in [0.25, 0.3) is 0 Å². The zero-order valence-corrected chi connectivity index (χ0v) is 14.4. The number of aryl methyl sites for hydroxylation is 2. The quantitative estimate of drug-likeness (QED) is 0.813. The van der Waals surface area contributed by atoms with Gasteiger partial charge in [0, 0.05) is 16.4 Å². The summed E-state index contributed by atoms with van der Waals surface area (Å²) in [5.74, 6) is -0.545. The van der Waals surface area contributed by atoms with Gasteiger partial charge in [-0.1, -0.05) is 29.8 Å². The Bertz CT molecular complexity index is 813. The molecule has 3 rings (SSSR count). The van der Waals surface area contributed by atoms with Crippen LogP contribution < -0.4 is 10.6 Å². The molecular formula is C19H19ClN2O2. The van der Waals surface area contributed by atoms with Gasteiger partial charge in [-0.05, 0) is 62.1 Å². The molecule has 0 spiro atoms. The van der Waals surface area contributed by atoms with Crippen LogP contribution in [-0.4, -0.2) is 11.8 Å². The predicted octanol–water partition coefficient (Wildman–Crippen LogP) is 4.31. The normalized spacial score (nSPS) is 14.8. The first-order valence-electron chi connectivity index (χ1n) is 7.86. The van der Waals surface area contributed by atoms with Crippen molar-refractivity contribution in [3.8, 4) is 0 Å². The van der Waals surface area contributed by atoms with Crippen LogP contribution in [0.15, 0.2) is 42.5 Å². The summed E-state index contributed by atoms with van der Waals surface area (Å²) in [4.78, 5) is 25.1. The van der Waals surface area contributed by atoms with E-state index < -0.39 is 5.41 Å². The van der Waals surface area contributed by atoms with E-state index in [0.717, 1.165) is 11.1 Å². The first-order valence-corrected chi connectivity index (χ1v) is 8.24. The number of halogens is 1. The molecular weight excluding hydrogens is 324 g/mol. The molecule has 0 atom stereocenters. The molecule has 1 aliphatic carbocycles. The smallest absolute Gasteiger partial charge is 0.240 e. The van der Waals surface area contributed by atoms with Gasteiger partial charge < -0.3 is 10.6 Å². The molecule has 0 aromatic heterocycles. The Hall–Kier alpha value is -2.33. The second-order valence-corrected chi connectivity index (χ2v) is 6.73. The molecule has 0 unspecified atom stereocenters. The fourth-order valence-electron chi connectivity index (χ4n) is 2.58. The van der Waals surface area contributed by atoms with Crippen LogP contribution in [0.1, 0.15) is 24.0 Å². The second kappa shape index (κ2) is 6.29. The van der Waals surface area contributed by atoms with Crippen LogP contribution in [0.3, 0.4) is 0 Å². The summed E-state index contributed by atoms with van der Waals surface area (Å²) >= 11 is 6.08. The van der Waals surface area contributed by atoms with Gasteiger partial charge in [-0.25, -0.2) is 0 Å². The molecule has 1 saturated carbocycles. The summed E-state index contributed by atoms with van der Waals surface area (Å²) in [5.41, 5.74) is 2.31. The zero-order chi connectivity index (χ0) is 17.3. The van der Waals surface area contributed by atoms with Crippen molar-refractivity contribution in [3.05, 3.63) is 58.6 Å². The number of rotatable bonds is 4. The first kappa shape index (κ1) is 16.5. The molecule has 0 radical (unpaired) electrons. The van der Waals surface area contributed by atoms with Gasteiger partial charge in [0.25, 0.3) is 0 Å². The number of carbonyl (C=O) groups is 2. The molecule has 0 aliphatic heterocycles. The lowest BCUT2D eigenvalue weighted by atomic mass is 10.0. The molecule has 0 saturated heterocycles. The summed E-state index contributed by atoms with van der Waals surface area (Å²) in [6, 6.07) is 12.8. The summed E-state index contributed by atoms with van der Waals surface area (Å²) in [5, 5.41) is 6.24. The molecule has 0 bridgehead atoms. The van der Waals surface area contributed by atoms with Crippen molar-refractivity contribution in [2.24, 2.45) is 5.41 Å². The number of carbonyl (C=O) groups excluding carboxylic acids is 2. The second-order valence-electron chi connectivity index (χ2n) is 6.32. The highest BCUT2D eigenvalue weighted by Gasteiger charge is 2.56. The molecule has 2 N–H and O–H groups in total. The van der Waals surface area contributed by atoms with E-state index in [9.17, 15) is 9.59 Å². The Labute approximate surface area is 146 Å². The lowest BCUT2D eigenvalue weighted by Gasteiger charge is -2.16. The minimum atomic E-state index is -0.985. The van der Waals surface area contributed by atoms with Gasteiger partial charge in [0.15, 0.2) is 0 Å². The van der Waals surface area contributed by atoms with E-state index in [0.29, 0.717) is 29.2 Å². The van der Waals surface area contributed by atoms with Crippen LogP contribution in [0.4, 0.5) is 11.4 Å². The Morgan fingerprint density at radius 1 is 0.958 bits per heavy atom. The minimum Gasteiger partial charge on any atom is -0.325 e. The summed E-state index contributed by atoms with van der Waals surface area (Å²) in [7, 11) is 0. The maximum absolute atomic E-state index is 12.6. The topological polar surface area (TPSA) is 58.2 Å². The highest BCUT2D eigenvalue weighted by atomic mass is 35.5. The van der Waals surface area contributed by atoms with Crippen molar-refractivity contribution in [1.82, 2.24) is 0 Å². The van der Waals surface area contributed by atoms with Crippen LogP contribution in [0.2, 0.25) is 5.02 Å². The predicted molar refractivity (Wildman–Crippen MR) is 96.3 cm³/mol. The molecule has 1 aliphatic rings. The fourth-order valence-corrected chi connectivity index (χ4v) is 2.76. The van der Waals surface area contributed by atoms with Crippen LogP contribution in [0, 0.1) is 19.3 Å². The van der Waals surface area contributed by atoms with Gasteiger partial charge in [0.2, 0.25) is 11.8 Å². The van der Waals surface area contributed by atoms with Crippen molar-refractivity contribution in [1.29, 1.82) is 0 Å². The summed E-state index contributed by atoms with van der Waals surface area (Å²) < 4.78 is 0. The molecule has 2 amide bonds.